The fourth-order valence-corrected chi connectivity index (χ4v) is 1.86. The third-order valence-corrected chi connectivity index (χ3v) is 2.89. The van der Waals surface area contributed by atoms with Crippen LogP contribution in [0.2, 0.25) is 0 Å². The summed E-state index contributed by atoms with van der Waals surface area (Å²) in [5, 5.41) is 13.9. The molecule has 0 aromatic carbocycles. The van der Waals surface area contributed by atoms with Gasteiger partial charge in [-0.2, -0.15) is 5.26 Å². The van der Waals surface area contributed by atoms with E-state index in [-0.39, 0.29) is 12.5 Å². The molecule has 4 nitrogen and oxygen atoms in total. The second-order valence-corrected chi connectivity index (χ2v) is 4.29. The zero-order valence-electron chi connectivity index (χ0n) is 9.31. The quantitative estimate of drug-likeness (QED) is 0.609. The number of rotatable bonds is 7. The Hall–Kier alpha value is -1.08. The summed E-state index contributed by atoms with van der Waals surface area (Å²) in [4.78, 5) is 11.1. The number of carbonyl (C=O) groups excluding carboxylic acids is 1. The lowest BCUT2D eigenvalue weighted by Gasteiger charge is -2.14. The molecule has 0 heterocycles. The van der Waals surface area contributed by atoms with Gasteiger partial charge in [-0.1, -0.05) is 13.3 Å². The summed E-state index contributed by atoms with van der Waals surface area (Å²) in [6, 6.07) is 1.88. The van der Waals surface area contributed by atoms with Crippen LogP contribution in [-0.4, -0.2) is 25.5 Å². The molecule has 1 amide bonds. The average molecular weight is 209 g/mol. The van der Waals surface area contributed by atoms with Crippen LogP contribution in [0.25, 0.3) is 0 Å². The summed E-state index contributed by atoms with van der Waals surface area (Å²) in [6.07, 6.45) is 5.03. The second kappa shape index (κ2) is 5.72. The summed E-state index contributed by atoms with van der Waals surface area (Å²) < 4.78 is 0. The maximum atomic E-state index is 11.1. The maximum absolute atomic E-state index is 11.1. The third kappa shape index (κ3) is 4.30. The summed E-state index contributed by atoms with van der Waals surface area (Å²) in [6.45, 7) is 3.55. The normalized spacial score (nSPS) is 16.8. The Morgan fingerprint density at radius 3 is 2.80 bits per heavy atom. The Balaban J connectivity index is 2.06. The number of carbonyl (C=O) groups is 1. The van der Waals surface area contributed by atoms with E-state index in [1.807, 2.05) is 6.07 Å². The van der Waals surface area contributed by atoms with E-state index in [4.69, 9.17) is 5.26 Å². The van der Waals surface area contributed by atoms with Crippen molar-refractivity contribution >= 4 is 5.91 Å². The summed E-state index contributed by atoms with van der Waals surface area (Å²) in [5.41, 5.74) is 0.476. The van der Waals surface area contributed by atoms with Crippen LogP contribution >= 0.6 is 0 Å². The highest BCUT2D eigenvalue weighted by molar-refractivity contribution is 5.78. The topological polar surface area (TPSA) is 64.9 Å². The minimum atomic E-state index is -0.0937. The average Bonchev–Trinajstić information content (AvgIpc) is 2.96. The number of hydrogen-bond donors (Lipinski definition) is 2. The molecule has 1 saturated carbocycles. The Bertz CT molecular complexity index is 253. The molecule has 2 N–H and O–H groups in total. The Morgan fingerprint density at radius 1 is 1.53 bits per heavy atom. The fourth-order valence-electron chi connectivity index (χ4n) is 1.86. The molecule has 1 fully saturated rings. The predicted molar refractivity (Wildman–Crippen MR) is 58.1 cm³/mol. The van der Waals surface area contributed by atoms with E-state index in [1.54, 1.807) is 0 Å². The molecule has 4 heteroatoms. The van der Waals surface area contributed by atoms with E-state index in [1.165, 1.54) is 25.7 Å². The zero-order valence-corrected chi connectivity index (χ0v) is 9.31. The van der Waals surface area contributed by atoms with Crippen LogP contribution in [0.5, 0.6) is 0 Å². The van der Waals surface area contributed by atoms with Crippen LogP contribution in [0.15, 0.2) is 0 Å². The van der Waals surface area contributed by atoms with Crippen LogP contribution in [0.3, 0.4) is 0 Å². The van der Waals surface area contributed by atoms with E-state index in [0.717, 1.165) is 6.54 Å². The minimum absolute atomic E-state index is 0.0937. The third-order valence-electron chi connectivity index (χ3n) is 2.89. The van der Waals surface area contributed by atoms with Crippen molar-refractivity contribution < 1.29 is 4.79 Å². The van der Waals surface area contributed by atoms with Gasteiger partial charge in [0.1, 0.15) is 6.54 Å². The first-order chi connectivity index (χ1) is 7.22. The zero-order chi connectivity index (χ0) is 11.1. The SMILES string of the molecule is CCCC1(CNCC(=O)NCC#N)CC1. The lowest BCUT2D eigenvalue weighted by molar-refractivity contribution is -0.120. The van der Waals surface area contributed by atoms with Gasteiger partial charge in [-0.05, 0) is 24.7 Å². The smallest absolute Gasteiger partial charge is 0.234 e. The van der Waals surface area contributed by atoms with Gasteiger partial charge in [0.05, 0.1) is 12.6 Å². The van der Waals surface area contributed by atoms with Crippen molar-refractivity contribution in [1.29, 1.82) is 5.26 Å². The van der Waals surface area contributed by atoms with Crippen molar-refractivity contribution in [3.8, 4) is 6.07 Å². The molecule has 0 radical (unpaired) electrons. The molecule has 1 aliphatic rings. The minimum Gasteiger partial charge on any atom is -0.342 e. The summed E-state index contributed by atoms with van der Waals surface area (Å²) in [7, 11) is 0. The molecule has 0 saturated heterocycles. The first kappa shape index (κ1) is 12.0. The molecule has 0 aromatic heterocycles. The van der Waals surface area contributed by atoms with Crippen molar-refractivity contribution in [2.75, 3.05) is 19.6 Å². The van der Waals surface area contributed by atoms with E-state index >= 15 is 0 Å². The molecule has 0 unspecified atom stereocenters. The molecule has 1 aliphatic carbocycles. The largest absolute Gasteiger partial charge is 0.342 e. The monoisotopic (exact) mass is 209 g/mol. The van der Waals surface area contributed by atoms with Gasteiger partial charge in [0.2, 0.25) is 5.91 Å². The standard InChI is InChI=1S/C11H19N3O/c1-2-3-11(4-5-11)9-13-8-10(15)14-7-6-12/h13H,2-5,7-9H2,1H3,(H,14,15). The molecular formula is C11H19N3O. The molecule has 1 rings (SSSR count). The van der Waals surface area contributed by atoms with Gasteiger partial charge in [0.15, 0.2) is 0 Å². The van der Waals surface area contributed by atoms with Gasteiger partial charge in [-0.15, -0.1) is 0 Å². The molecule has 84 valence electrons. The number of amides is 1. The molecule has 0 aromatic rings. The highest BCUT2D eigenvalue weighted by Gasteiger charge is 2.40. The van der Waals surface area contributed by atoms with Crippen molar-refractivity contribution in [1.82, 2.24) is 10.6 Å². The lowest BCUT2D eigenvalue weighted by Crippen LogP contribution is -2.36. The Labute approximate surface area is 91.0 Å². The predicted octanol–water partition coefficient (Wildman–Crippen LogP) is 0.796. The molecule has 0 spiro atoms. The summed E-state index contributed by atoms with van der Waals surface area (Å²) >= 11 is 0. The second-order valence-electron chi connectivity index (χ2n) is 4.29. The van der Waals surface area contributed by atoms with Gasteiger partial charge in [-0.25, -0.2) is 0 Å². The van der Waals surface area contributed by atoms with Crippen LogP contribution < -0.4 is 10.6 Å². The molecule has 0 atom stereocenters. The first-order valence-electron chi connectivity index (χ1n) is 5.57. The Kier molecular flexibility index (Phi) is 4.57. The van der Waals surface area contributed by atoms with E-state index in [0.29, 0.717) is 12.0 Å². The van der Waals surface area contributed by atoms with Gasteiger partial charge in [-0.3, -0.25) is 4.79 Å². The van der Waals surface area contributed by atoms with Crippen molar-refractivity contribution in [2.45, 2.75) is 32.6 Å². The number of hydrogen-bond acceptors (Lipinski definition) is 3. The van der Waals surface area contributed by atoms with E-state index in [2.05, 4.69) is 17.6 Å². The highest BCUT2D eigenvalue weighted by Crippen LogP contribution is 2.48. The Morgan fingerprint density at radius 2 is 2.27 bits per heavy atom. The van der Waals surface area contributed by atoms with E-state index < -0.39 is 0 Å². The van der Waals surface area contributed by atoms with Gasteiger partial charge < -0.3 is 10.6 Å². The van der Waals surface area contributed by atoms with Crippen LogP contribution in [0.4, 0.5) is 0 Å². The van der Waals surface area contributed by atoms with Crippen molar-refractivity contribution in [3.05, 3.63) is 0 Å². The number of nitrogens with zero attached hydrogens (tertiary/aromatic N) is 1. The maximum Gasteiger partial charge on any atom is 0.234 e. The van der Waals surface area contributed by atoms with Gasteiger partial charge >= 0.3 is 0 Å². The van der Waals surface area contributed by atoms with Crippen molar-refractivity contribution in [3.63, 3.8) is 0 Å². The number of nitriles is 1. The van der Waals surface area contributed by atoms with Crippen LogP contribution in [0, 0.1) is 16.7 Å². The fraction of sp³-hybridized carbons (Fsp3) is 0.818. The van der Waals surface area contributed by atoms with E-state index in [9.17, 15) is 4.79 Å². The van der Waals surface area contributed by atoms with Crippen LogP contribution in [-0.2, 0) is 4.79 Å². The van der Waals surface area contributed by atoms with Crippen LogP contribution in [0.1, 0.15) is 32.6 Å². The number of nitrogens with one attached hydrogen (secondary N) is 2. The summed E-state index contributed by atoms with van der Waals surface area (Å²) in [5.74, 6) is -0.0937. The first-order valence-corrected chi connectivity index (χ1v) is 5.57. The molecule has 0 bridgehead atoms. The molecule has 0 aliphatic heterocycles. The highest BCUT2D eigenvalue weighted by atomic mass is 16.1. The molecular weight excluding hydrogens is 190 g/mol. The lowest BCUT2D eigenvalue weighted by atomic mass is 10.0. The van der Waals surface area contributed by atoms with Gasteiger partial charge in [0.25, 0.3) is 0 Å². The van der Waals surface area contributed by atoms with Gasteiger partial charge in [0, 0.05) is 6.54 Å². The van der Waals surface area contributed by atoms with Crippen molar-refractivity contribution in [2.24, 2.45) is 5.41 Å². The molecule has 15 heavy (non-hydrogen) atoms.